The Bertz CT molecular complexity index is 347. The van der Waals surface area contributed by atoms with Crippen molar-refractivity contribution in [2.24, 2.45) is 0 Å². The van der Waals surface area contributed by atoms with E-state index in [9.17, 15) is 13.2 Å². The topological polar surface area (TPSA) is 77.9 Å². The minimum Gasteiger partial charge on any atom is -0.306 e. The van der Waals surface area contributed by atoms with E-state index in [1.165, 1.54) is 32.4 Å². The number of nitrogens with zero attached hydrogens (tertiary/aromatic N) is 2. The average Bonchev–Trinajstić information content (AvgIpc) is 2.33. The highest BCUT2D eigenvalue weighted by Crippen LogP contribution is 2.04. The number of piperidine rings is 2. The molecular weight excluding hydrogens is 280 g/mol. The lowest BCUT2D eigenvalue weighted by Crippen LogP contribution is -2.29. The SMILES string of the molecule is CN1CCC(=O)CC1.CN1CCCCC1.CS(=O)(=O)O. The third-order valence-corrected chi connectivity index (χ3v) is 3.12. The molecule has 0 aromatic carbocycles. The maximum absolute atomic E-state index is 10.6. The molecule has 2 rings (SSSR count). The van der Waals surface area contributed by atoms with Crippen molar-refractivity contribution in [3.8, 4) is 0 Å². The van der Waals surface area contributed by atoms with E-state index in [4.69, 9.17) is 4.55 Å². The summed E-state index contributed by atoms with van der Waals surface area (Å²) < 4.78 is 25.9. The zero-order chi connectivity index (χ0) is 15.6. The molecule has 2 aliphatic heterocycles. The van der Waals surface area contributed by atoms with E-state index >= 15 is 0 Å². The van der Waals surface area contributed by atoms with E-state index in [0.29, 0.717) is 12.0 Å². The Morgan fingerprint density at radius 3 is 1.50 bits per heavy atom. The molecule has 0 aromatic heterocycles. The van der Waals surface area contributed by atoms with Crippen LogP contribution in [0.4, 0.5) is 0 Å². The number of hydrogen-bond donors (Lipinski definition) is 1. The summed E-state index contributed by atoms with van der Waals surface area (Å²) in [4.78, 5) is 15.2. The van der Waals surface area contributed by atoms with E-state index in [-0.39, 0.29) is 0 Å². The van der Waals surface area contributed by atoms with E-state index in [1.807, 2.05) is 7.05 Å². The summed E-state index contributed by atoms with van der Waals surface area (Å²) in [7, 11) is 0.575. The highest BCUT2D eigenvalue weighted by Gasteiger charge is 2.11. The molecule has 2 aliphatic rings. The normalized spacial score (nSPS) is 21.3. The fourth-order valence-corrected chi connectivity index (χ4v) is 1.92. The summed E-state index contributed by atoms with van der Waals surface area (Å²) in [6, 6.07) is 0. The monoisotopic (exact) mass is 308 g/mol. The molecular formula is C13H28N2O4S. The first kappa shape index (κ1) is 19.5. The van der Waals surface area contributed by atoms with E-state index in [0.717, 1.165) is 25.9 Å². The molecule has 1 N–H and O–H groups in total. The molecule has 0 radical (unpaired) electrons. The van der Waals surface area contributed by atoms with Gasteiger partial charge in [-0.3, -0.25) is 9.35 Å². The standard InChI is InChI=1S/C6H11NO.C6H13N.CH4O3S/c1-7-4-2-6(8)3-5-7;1-7-5-3-2-4-6-7;1-5(2,3)4/h2-5H2,1H3;2-6H2,1H3;1H3,(H,2,3,4). The molecule has 0 amide bonds. The minimum atomic E-state index is -3.67. The second-order valence-corrected chi connectivity index (χ2v) is 6.90. The molecule has 0 spiro atoms. The van der Waals surface area contributed by atoms with Gasteiger partial charge in [0.15, 0.2) is 0 Å². The summed E-state index contributed by atoms with van der Waals surface area (Å²) in [6.45, 7) is 4.55. The van der Waals surface area contributed by atoms with Crippen LogP contribution in [-0.4, -0.2) is 75.1 Å². The number of hydrogen-bond acceptors (Lipinski definition) is 5. The van der Waals surface area contributed by atoms with Gasteiger partial charge in [-0.15, -0.1) is 0 Å². The molecule has 0 saturated carbocycles. The van der Waals surface area contributed by atoms with Gasteiger partial charge in [0.25, 0.3) is 10.1 Å². The smallest absolute Gasteiger partial charge is 0.261 e. The Morgan fingerprint density at radius 2 is 1.25 bits per heavy atom. The summed E-state index contributed by atoms with van der Waals surface area (Å²) >= 11 is 0. The second-order valence-electron chi connectivity index (χ2n) is 5.44. The van der Waals surface area contributed by atoms with Gasteiger partial charge in [0.05, 0.1) is 6.26 Å². The molecule has 6 nitrogen and oxygen atoms in total. The van der Waals surface area contributed by atoms with Crippen LogP contribution in [0.5, 0.6) is 0 Å². The molecule has 0 aromatic rings. The van der Waals surface area contributed by atoms with Crippen molar-refractivity contribution in [1.82, 2.24) is 9.80 Å². The molecule has 2 heterocycles. The van der Waals surface area contributed by atoms with Gasteiger partial charge in [0, 0.05) is 25.9 Å². The summed E-state index contributed by atoms with van der Waals surface area (Å²) in [5.74, 6) is 0.420. The van der Waals surface area contributed by atoms with Gasteiger partial charge in [0.2, 0.25) is 0 Å². The van der Waals surface area contributed by atoms with Gasteiger partial charge in [-0.1, -0.05) is 6.42 Å². The summed E-state index contributed by atoms with van der Waals surface area (Å²) in [6.07, 6.45) is 6.51. The summed E-state index contributed by atoms with van der Waals surface area (Å²) in [5.41, 5.74) is 0. The average molecular weight is 308 g/mol. The van der Waals surface area contributed by atoms with Crippen molar-refractivity contribution in [2.45, 2.75) is 32.1 Å². The lowest BCUT2D eigenvalue weighted by Gasteiger charge is -2.20. The Balaban J connectivity index is 0.000000280. The fraction of sp³-hybridized carbons (Fsp3) is 0.923. The highest BCUT2D eigenvalue weighted by atomic mass is 32.2. The quantitative estimate of drug-likeness (QED) is 0.670. The maximum Gasteiger partial charge on any atom is 0.261 e. The zero-order valence-electron chi connectivity index (χ0n) is 12.8. The Hall–Kier alpha value is -0.500. The Labute approximate surface area is 122 Å². The number of ketones is 1. The Morgan fingerprint density at radius 1 is 0.900 bits per heavy atom. The molecule has 2 fully saturated rings. The molecule has 120 valence electrons. The maximum atomic E-state index is 10.6. The number of Topliss-reactive ketones (excluding diaryl/α,β-unsaturated/α-hetero) is 1. The Kier molecular flexibility index (Phi) is 10.0. The molecule has 0 aliphatic carbocycles. The lowest BCUT2D eigenvalue weighted by atomic mass is 10.1. The van der Waals surface area contributed by atoms with Gasteiger partial charge in [0.1, 0.15) is 5.78 Å². The van der Waals surface area contributed by atoms with Crippen LogP contribution in [0.15, 0.2) is 0 Å². The van der Waals surface area contributed by atoms with E-state index in [2.05, 4.69) is 16.8 Å². The van der Waals surface area contributed by atoms with Crippen molar-refractivity contribution in [3.05, 3.63) is 0 Å². The second kappa shape index (κ2) is 10.3. The highest BCUT2D eigenvalue weighted by molar-refractivity contribution is 7.85. The fourth-order valence-electron chi connectivity index (χ4n) is 1.92. The first-order valence-electron chi connectivity index (χ1n) is 6.99. The van der Waals surface area contributed by atoms with Crippen molar-refractivity contribution in [2.75, 3.05) is 46.5 Å². The van der Waals surface area contributed by atoms with Crippen LogP contribution in [0.3, 0.4) is 0 Å². The van der Waals surface area contributed by atoms with Gasteiger partial charge < -0.3 is 9.80 Å². The van der Waals surface area contributed by atoms with Crippen molar-refractivity contribution in [3.63, 3.8) is 0 Å². The molecule has 0 atom stereocenters. The lowest BCUT2D eigenvalue weighted by molar-refractivity contribution is -0.121. The van der Waals surface area contributed by atoms with Crippen LogP contribution in [0.1, 0.15) is 32.1 Å². The van der Waals surface area contributed by atoms with Gasteiger partial charge in [-0.25, -0.2) is 0 Å². The van der Waals surface area contributed by atoms with Crippen LogP contribution in [0, 0.1) is 0 Å². The van der Waals surface area contributed by atoms with Crippen LogP contribution in [0.25, 0.3) is 0 Å². The van der Waals surface area contributed by atoms with E-state index < -0.39 is 10.1 Å². The molecule has 20 heavy (non-hydrogen) atoms. The molecule has 7 heteroatoms. The zero-order valence-corrected chi connectivity index (χ0v) is 13.7. The summed E-state index contributed by atoms with van der Waals surface area (Å²) in [5, 5.41) is 0. The molecule has 0 bridgehead atoms. The van der Waals surface area contributed by atoms with Crippen LogP contribution < -0.4 is 0 Å². The number of likely N-dealkylation sites (tertiary alicyclic amines) is 2. The van der Waals surface area contributed by atoms with E-state index in [1.54, 1.807) is 0 Å². The first-order valence-corrected chi connectivity index (χ1v) is 8.84. The third kappa shape index (κ3) is 15.6. The van der Waals surface area contributed by atoms with Gasteiger partial charge in [-0.2, -0.15) is 8.42 Å². The number of carbonyl (C=O) groups excluding carboxylic acids is 1. The van der Waals surface area contributed by atoms with Crippen molar-refractivity contribution in [1.29, 1.82) is 0 Å². The van der Waals surface area contributed by atoms with Gasteiger partial charge in [-0.05, 0) is 40.0 Å². The van der Waals surface area contributed by atoms with Crippen LogP contribution >= 0.6 is 0 Å². The number of rotatable bonds is 0. The van der Waals surface area contributed by atoms with Crippen LogP contribution in [0.2, 0.25) is 0 Å². The van der Waals surface area contributed by atoms with Crippen molar-refractivity contribution < 1.29 is 17.8 Å². The van der Waals surface area contributed by atoms with Crippen molar-refractivity contribution >= 4 is 15.9 Å². The first-order chi connectivity index (χ1) is 9.18. The molecule has 0 unspecified atom stereocenters. The predicted octanol–water partition coefficient (Wildman–Crippen LogP) is 0.887. The van der Waals surface area contributed by atoms with Gasteiger partial charge >= 0.3 is 0 Å². The number of carbonyl (C=O) groups is 1. The molecule has 2 saturated heterocycles. The van der Waals surface area contributed by atoms with Crippen LogP contribution in [-0.2, 0) is 14.9 Å². The largest absolute Gasteiger partial charge is 0.306 e. The predicted molar refractivity (Wildman–Crippen MR) is 80.6 cm³/mol. The minimum absolute atomic E-state index is 0.420. The third-order valence-electron chi connectivity index (χ3n) is 3.12.